The zero-order valence-corrected chi connectivity index (χ0v) is 16.0. The van der Waals surface area contributed by atoms with Gasteiger partial charge in [-0.2, -0.15) is 0 Å². The Kier molecular flexibility index (Phi) is 4.47. The van der Waals surface area contributed by atoms with Gasteiger partial charge in [0.15, 0.2) is 0 Å². The van der Waals surface area contributed by atoms with Crippen molar-refractivity contribution in [2.24, 2.45) is 0 Å². The molecule has 0 unspecified atom stereocenters. The van der Waals surface area contributed by atoms with Crippen LogP contribution in [0, 0.1) is 17.0 Å². The van der Waals surface area contributed by atoms with Crippen molar-refractivity contribution in [3.63, 3.8) is 0 Å². The Labute approximate surface area is 165 Å². The number of nitro groups is 1. The van der Waals surface area contributed by atoms with Gasteiger partial charge in [0.05, 0.1) is 15.5 Å². The van der Waals surface area contributed by atoms with Crippen molar-refractivity contribution in [2.45, 2.75) is 11.8 Å². The summed E-state index contributed by atoms with van der Waals surface area (Å²) in [6.45, 7) is 1.55. The molecule has 0 bridgehead atoms. The fourth-order valence-electron chi connectivity index (χ4n) is 2.88. The van der Waals surface area contributed by atoms with Crippen LogP contribution in [0.25, 0.3) is 17.0 Å². The van der Waals surface area contributed by atoms with E-state index in [4.69, 9.17) is 0 Å². The van der Waals surface area contributed by atoms with E-state index in [-0.39, 0.29) is 10.6 Å². The highest BCUT2D eigenvalue weighted by molar-refractivity contribution is 7.92. The second kappa shape index (κ2) is 6.99. The summed E-state index contributed by atoms with van der Waals surface area (Å²) in [4.78, 5) is 18.9. The molecular weight excluding hydrogens is 394 g/mol. The third-order valence-electron chi connectivity index (χ3n) is 4.33. The molecule has 0 fully saturated rings. The second-order valence-electron chi connectivity index (χ2n) is 6.34. The molecule has 2 heterocycles. The molecule has 0 aliphatic rings. The summed E-state index contributed by atoms with van der Waals surface area (Å²) in [6, 6.07) is 12.3. The first kappa shape index (κ1) is 18.6. The quantitative estimate of drug-likeness (QED) is 0.398. The maximum absolute atomic E-state index is 12.7. The van der Waals surface area contributed by atoms with Crippen LogP contribution in [0.15, 0.2) is 72.0 Å². The minimum Gasteiger partial charge on any atom is -0.291 e. The van der Waals surface area contributed by atoms with Crippen LogP contribution in [0.3, 0.4) is 0 Å². The first-order valence-corrected chi connectivity index (χ1v) is 10.00. The Hall–Kier alpha value is -3.79. The van der Waals surface area contributed by atoms with Crippen molar-refractivity contribution in [1.82, 2.24) is 14.4 Å². The van der Waals surface area contributed by atoms with Gasteiger partial charge in [0.1, 0.15) is 0 Å². The molecular formula is C19H15N5O4S. The van der Waals surface area contributed by atoms with Gasteiger partial charge in [-0.3, -0.25) is 19.2 Å². The molecule has 0 spiro atoms. The number of nitrogens with zero attached hydrogens (tertiary/aromatic N) is 4. The van der Waals surface area contributed by atoms with Crippen LogP contribution in [0.1, 0.15) is 5.56 Å². The summed E-state index contributed by atoms with van der Waals surface area (Å²) in [7, 11) is -4.00. The Morgan fingerprint density at radius 2 is 1.97 bits per heavy atom. The lowest BCUT2D eigenvalue weighted by Gasteiger charge is -2.09. The predicted octanol–water partition coefficient (Wildman–Crippen LogP) is 3.41. The summed E-state index contributed by atoms with van der Waals surface area (Å²) in [6.07, 6.45) is 5.24. The standard InChI is InChI=1S/C19H15N5O4S/c1-13-6-7-16(11-18(13)24(25)26)29(27,28)22-15-5-2-4-14(10-15)17-12-23-9-3-8-20-19(23)21-17/h2-12,22H,1H3. The van der Waals surface area contributed by atoms with Crippen molar-refractivity contribution in [2.75, 3.05) is 4.72 Å². The molecule has 0 amide bonds. The van der Waals surface area contributed by atoms with E-state index in [2.05, 4.69) is 14.7 Å². The van der Waals surface area contributed by atoms with Gasteiger partial charge in [-0.1, -0.05) is 18.2 Å². The summed E-state index contributed by atoms with van der Waals surface area (Å²) in [5.41, 5.74) is 1.78. The van der Waals surface area contributed by atoms with E-state index in [0.717, 1.165) is 6.07 Å². The molecule has 4 aromatic rings. The SMILES string of the molecule is Cc1ccc(S(=O)(=O)Nc2cccc(-c3cn4cccnc4n3)c2)cc1[N+](=O)[O-]. The Morgan fingerprint density at radius 1 is 1.14 bits per heavy atom. The fraction of sp³-hybridized carbons (Fsp3) is 0.0526. The minimum atomic E-state index is -4.00. The van der Waals surface area contributed by atoms with Crippen molar-refractivity contribution in [1.29, 1.82) is 0 Å². The maximum atomic E-state index is 12.7. The van der Waals surface area contributed by atoms with Crippen LogP contribution >= 0.6 is 0 Å². The Morgan fingerprint density at radius 3 is 2.72 bits per heavy atom. The predicted molar refractivity (Wildman–Crippen MR) is 107 cm³/mol. The number of imidazole rings is 1. The Bertz CT molecular complexity index is 1310. The van der Waals surface area contributed by atoms with E-state index in [9.17, 15) is 18.5 Å². The van der Waals surface area contributed by atoms with E-state index < -0.39 is 14.9 Å². The number of nitrogens with one attached hydrogen (secondary N) is 1. The molecule has 0 aliphatic carbocycles. The number of rotatable bonds is 5. The molecule has 4 rings (SSSR count). The molecule has 2 aromatic carbocycles. The molecule has 0 radical (unpaired) electrons. The number of aromatic nitrogens is 3. The summed E-state index contributed by atoms with van der Waals surface area (Å²) in [5.74, 6) is 0.528. The normalized spacial score (nSPS) is 11.5. The van der Waals surface area contributed by atoms with Crippen LogP contribution in [-0.2, 0) is 10.0 Å². The smallest absolute Gasteiger partial charge is 0.273 e. The van der Waals surface area contributed by atoms with Crippen LogP contribution in [-0.4, -0.2) is 27.7 Å². The van der Waals surface area contributed by atoms with E-state index >= 15 is 0 Å². The number of benzene rings is 2. The molecule has 29 heavy (non-hydrogen) atoms. The van der Waals surface area contributed by atoms with Gasteiger partial charge in [-0.15, -0.1) is 0 Å². The molecule has 2 aromatic heterocycles. The lowest BCUT2D eigenvalue weighted by molar-refractivity contribution is -0.385. The first-order chi connectivity index (χ1) is 13.8. The van der Waals surface area contributed by atoms with Crippen LogP contribution in [0.2, 0.25) is 0 Å². The van der Waals surface area contributed by atoms with E-state index in [0.29, 0.717) is 28.3 Å². The minimum absolute atomic E-state index is 0.183. The summed E-state index contributed by atoms with van der Waals surface area (Å²) < 4.78 is 29.7. The van der Waals surface area contributed by atoms with Gasteiger partial charge in [0.25, 0.3) is 15.7 Å². The van der Waals surface area contributed by atoms with Crippen molar-refractivity contribution >= 4 is 27.2 Å². The number of nitro benzene ring substituents is 1. The van der Waals surface area contributed by atoms with E-state index in [1.807, 2.05) is 6.20 Å². The van der Waals surface area contributed by atoms with Crippen molar-refractivity contribution < 1.29 is 13.3 Å². The fourth-order valence-corrected chi connectivity index (χ4v) is 3.95. The number of hydrogen-bond donors (Lipinski definition) is 1. The van der Waals surface area contributed by atoms with Crippen molar-refractivity contribution in [3.05, 3.63) is 82.8 Å². The lowest BCUT2D eigenvalue weighted by Crippen LogP contribution is -2.13. The number of hydrogen-bond acceptors (Lipinski definition) is 6. The van der Waals surface area contributed by atoms with E-state index in [1.165, 1.54) is 12.1 Å². The van der Waals surface area contributed by atoms with Gasteiger partial charge >= 0.3 is 0 Å². The highest BCUT2D eigenvalue weighted by Gasteiger charge is 2.20. The average molecular weight is 409 g/mol. The van der Waals surface area contributed by atoms with Crippen LogP contribution in [0.5, 0.6) is 0 Å². The van der Waals surface area contributed by atoms with Gasteiger partial charge in [-0.05, 0) is 31.2 Å². The molecule has 146 valence electrons. The van der Waals surface area contributed by atoms with E-state index in [1.54, 1.807) is 54.0 Å². The molecule has 1 N–H and O–H groups in total. The third-order valence-corrected chi connectivity index (χ3v) is 5.71. The van der Waals surface area contributed by atoms with Gasteiger partial charge < -0.3 is 0 Å². The third kappa shape index (κ3) is 3.65. The van der Waals surface area contributed by atoms with Gasteiger partial charge in [0, 0.05) is 41.5 Å². The Balaban J connectivity index is 1.67. The van der Waals surface area contributed by atoms with Gasteiger partial charge in [0.2, 0.25) is 5.78 Å². The topological polar surface area (TPSA) is 120 Å². The monoisotopic (exact) mass is 409 g/mol. The maximum Gasteiger partial charge on any atom is 0.273 e. The van der Waals surface area contributed by atoms with Crippen LogP contribution in [0.4, 0.5) is 11.4 Å². The zero-order valence-electron chi connectivity index (χ0n) is 15.2. The largest absolute Gasteiger partial charge is 0.291 e. The average Bonchev–Trinajstić information content (AvgIpc) is 3.12. The molecule has 9 nitrogen and oxygen atoms in total. The molecule has 0 atom stereocenters. The molecule has 0 aliphatic heterocycles. The first-order valence-electron chi connectivity index (χ1n) is 8.51. The molecule has 0 saturated carbocycles. The number of sulfonamides is 1. The zero-order chi connectivity index (χ0) is 20.6. The molecule has 10 heteroatoms. The van der Waals surface area contributed by atoms with Gasteiger partial charge in [-0.25, -0.2) is 18.4 Å². The highest BCUT2D eigenvalue weighted by Crippen LogP contribution is 2.26. The lowest BCUT2D eigenvalue weighted by atomic mass is 10.1. The number of fused-ring (bicyclic) bond motifs is 1. The molecule has 0 saturated heterocycles. The van der Waals surface area contributed by atoms with Crippen LogP contribution < -0.4 is 4.72 Å². The van der Waals surface area contributed by atoms with Crippen molar-refractivity contribution in [3.8, 4) is 11.3 Å². The number of anilines is 1. The summed E-state index contributed by atoms with van der Waals surface area (Å²) >= 11 is 0. The highest BCUT2D eigenvalue weighted by atomic mass is 32.2. The number of aryl methyl sites for hydroxylation is 1. The second-order valence-corrected chi connectivity index (χ2v) is 8.03. The summed E-state index contributed by atoms with van der Waals surface area (Å²) in [5, 5.41) is 11.1.